The van der Waals surface area contributed by atoms with E-state index < -0.39 is 0 Å². The third-order valence-electron chi connectivity index (χ3n) is 2.50. The molecule has 0 aliphatic heterocycles. The Morgan fingerprint density at radius 3 is 3.00 bits per heavy atom. The van der Waals surface area contributed by atoms with Gasteiger partial charge in [0.25, 0.3) is 0 Å². The number of halogens is 1. The number of aromatic nitrogens is 2. The minimum atomic E-state index is 0.0696. The second-order valence-electron chi connectivity index (χ2n) is 3.61. The number of carbonyl (C=O) groups is 1. The molecular formula is C11H12BrN3O. The number of fused-ring (bicyclic) bond motifs is 1. The van der Waals surface area contributed by atoms with Gasteiger partial charge in [0.15, 0.2) is 5.78 Å². The number of hydrogen-bond donors (Lipinski definition) is 1. The van der Waals surface area contributed by atoms with E-state index >= 15 is 0 Å². The van der Waals surface area contributed by atoms with Gasteiger partial charge < -0.3 is 5.73 Å². The molecule has 0 spiro atoms. The molecule has 5 heteroatoms. The first kappa shape index (κ1) is 11.3. The van der Waals surface area contributed by atoms with Crippen LogP contribution in [0, 0.1) is 0 Å². The zero-order valence-electron chi connectivity index (χ0n) is 8.90. The number of hydrogen-bond acceptors (Lipinski definition) is 3. The fraction of sp³-hybridized carbons (Fsp3) is 0.273. The summed E-state index contributed by atoms with van der Waals surface area (Å²) in [4.78, 5) is 11.7. The normalized spacial score (nSPS) is 10.9. The molecule has 84 valence electrons. The average Bonchev–Trinajstić information content (AvgIpc) is 2.55. The summed E-state index contributed by atoms with van der Waals surface area (Å²) in [6, 6.07) is 5.57. The summed E-state index contributed by atoms with van der Waals surface area (Å²) in [6.07, 6.45) is 0.378. The van der Waals surface area contributed by atoms with E-state index in [9.17, 15) is 4.79 Å². The van der Waals surface area contributed by atoms with Crippen molar-refractivity contribution in [3.63, 3.8) is 0 Å². The highest BCUT2D eigenvalue weighted by atomic mass is 79.9. The SMILES string of the molecule is Cn1nc(Br)c2cc(C(=O)CCN)ccc21. The van der Waals surface area contributed by atoms with Crippen LogP contribution in [-0.2, 0) is 7.05 Å². The van der Waals surface area contributed by atoms with Gasteiger partial charge in [0.05, 0.1) is 5.52 Å². The van der Waals surface area contributed by atoms with Crippen LogP contribution < -0.4 is 5.73 Å². The molecule has 0 aliphatic rings. The molecule has 0 saturated carbocycles. The number of Topliss-reactive ketones (excluding diaryl/α,β-unsaturated/α-hetero) is 1. The first-order valence-electron chi connectivity index (χ1n) is 4.99. The van der Waals surface area contributed by atoms with Gasteiger partial charge in [0.2, 0.25) is 0 Å². The van der Waals surface area contributed by atoms with E-state index in [-0.39, 0.29) is 5.78 Å². The van der Waals surface area contributed by atoms with E-state index in [4.69, 9.17) is 5.73 Å². The van der Waals surface area contributed by atoms with Crippen LogP contribution >= 0.6 is 15.9 Å². The van der Waals surface area contributed by atoms with Gasteiger partial charge in [-0.25, -0.2) is 0 Å². The van der Waals surface area contributed by atoms with Crippen LogP contribution in [0.5, 0.6) is 0 Å². The van der Waals surface area contributed by atoms with Gasteiger partial charge in [-0.3, -0.25) is 9.48 Å². The molecule has 1 aromatic heterocycles. The highest BCUT2D eigenvalue weighted by Gasteiger charge is 2.10. The zero-order valence-corrected chi connectivity index (χ0v) is 10.5. The molecular weight excluding hydrogens is 270 g/mol. The number of ketones is 1. The molecule has 0 aliphatic carbocycles. The topological polar surface area (TPSA) is 60.9 Å². The molecule has 0 radical (unpaired) electrons. The van der Waals surface area contributed by atoms with Crippen LogP contribution in [-0.4, -0.2) is 22.1 Å². The van der Waals surface area contributed by atoms with Gasteiger partial charge in [0, 0.05) is 24.4 Å². The molecule has 0 atom stereocenters. The lowest BCUT2D eigenvalue weighted by Crippen LogP contribution is -2.07. The molecule has 1 aromatic carbocycles. The van der Waals surface area contributed by atoms with E-state index in [2.05, 4.69) is 21.0 Å². The Kier molecular flexibility index (Phi) is 3.07. The quantitative estimate of drug-likeness (QED) is 0.874. The predicted octanol–water partition coefficient (Wildman–Crippen LogP) is 1.87. The van der Waals surface area contributed by atoms with E-state index in [1.165, 1.54) is 0 Å². The van der Waals surface area contributed by atoms with E-state index in [0.29, 0.717) is 18.5 Å². The Balaban J connectivity index is 2.51. The lowest BCUT2D eigenvalue weighted by Gasteiger charge is -2.00. The van der Waals surface area contributed by atoms with Crippen LogP contribution in [0.2, 0.25) is 0 Å². The summed E-state index contributed by atoms with van der Waals surface area (Å²) in [5, 5.41) is 5.18. The van der Waals surface area contributed by atoms with Gasteiger partial charge in [-0.15, -0.1) is 0 Å². The molecule has 2 N–H and O–H groups in total. The number of nitrogens with two attached hydrogens (primary N) is 1. The fourth-order valence-electron chi connectivity index (χ4n) is 1.67. The average molecular weight is 282 g/mol. The highest BCUT2D eigenvalue weighted by molar-refractivity contribution is 9.10. The Labute approximate surface area is 102 Å². The Bertz CT molecular complexity index is 547. The van der Waals surface area contributed by atoms with Crippen molar-refractivity contribution in [1.29, 1.82) is 0 Å². The number of carbonyl (C=O) groups excluding carboxylic acids is 1. The summed E-state index contributed by atoms with van der Waals surface area (Å²) in [7, 11) is 1.87. The highest BCUT2D eigenvalue weighted by Crippen LogP contribution is 2.24. The van der Waals surface area contributed by atoms with E-state index in [1.807, 2.05) is 25.2 Å². The maximum atomic E-state index is 11.7. The van der Waals surface area contributed by atoms with E-state index in [0.717, 1.165) is 15.5 Å². The second kappa shape index (κ2) is 4.35. The molecule has 0 saturated heterocycles. The fourth-order valence-corrected chi connectivity index (χ4v) is 2.23. The Morgan fingerprint density at radius 1 is 1.56 bits per heavy atom. The molecule has 0 fully saturated rings. The molecule has 2 rings (SSSR count). The standard InChI is InChI=1S/C11H12BrN3O/c1-15-9-3-2-7(10(16)4-5-13)6-8(9)11(12)14-15/h2-3,6H,4-5,13H2,1H3. The molecule has 2 aromatic rings. The number of benzene rings is 1. The summed E-state index contributed by atoms with van der Waals surface area (Å²) in [6.45, 7) is 0.380. The Morgan fingerprint density at radius 2 is 2.31 bits per heavy atom. The Hall–Kier alpha value is -1.20. The predicted molar refractivity (Wildman–Crippen MR) is 66.4 cm³/mol. The monoisotopic (exact) mass is 281 g/mol. The lowest BCUT2D eigenvalue weighted by atomic mass is 10.1. The molecule has 16 heavy (non-hydrogen) atoms. The second-order valence-corrected chi connectivity index (χ2v) is 4.36. The smallest absolute Gasteiger partial charge is 0.164 e. The van der Waals surface area contributed by atoms with Gasteiger partial charge in [-0.05, 0) is 40.7 Å². The van der Waals surface area contributed by atoms with Crippen molar-refractivity contribution in [2.45, 2.75) is 6.42 Å². The maximum absolute atomic E-state index is 11.7. The van der Waals surface area contributed by atoms with Crippen LogP contribution in [0.1, 0.15) is 16.8 Å². The zero-order chi connectivity index (χ0) is 11.7. The van der Waals surface area contributed by atoms with Crippen LogP contribution in [0.15, 0.2) is 22.8 Å². The van der Waals surface area contributed by atoms with Crippen molar-refractivity contribution in [3.8, 4) is 0 Å². The number of nitrogens with zero attached hydrogens (tertiary/aromatic N) is 2. The van der Waals surface area contributed by atoms with Gasteiger partial charge in [-0.1, -0.05) is 0 Å². The van der Waals surface area contributed by atoms with Crippen LogP contribution in [0.3, 0.4) is 0 Å². The summed E-state index contributed by atoms with van der Waals surface area (Å²) >= 11 is 3.37. The van der Waals surface area contributed by atoms with Crippen molar-refractivity contribution in [2.24, 2.45) is 12.8 Å². The van der Waals surface area contributed by atoms with Crippen molar-refractivity contribution < 1.29 is 4.79 Å². The first-order chi connectivity index (χ1) is 7.63. The third kappa shape index (κ3) is 1.88. The van der Waals surface area contributed by atoms with Gasteiger partial charge in [0.1, 0.15) is 4.60 Å². The van der Waals surface area contributed by atoms with Crippen LogP contribution in [0.4, 0.5) is 0 Å². The van der Waals surface area contributed by atoms with E-state index in [1.54, 1.807) is 4.68 Å². The molecule has 0 amide bonds. The number of rotatable bonds is 3. The molecule has 4 nitrogen and oxygen atoms in total. The molecule has 0 bridgehead atoms. The van der Waals surface area contributed by atoms with Crippen LogP contribution in [0.25, 0.3) is 10.9 Å². The summed E-state index contributed by atoms with van der Waals surface area (Å²) in [5.74, 6) is 0.0696. The van der Waals surface area contributed by atoms with Crippen molar-refractivity contribution in [2.75, 3.05) is 6.54 Å². The number of aryl methyl sites for hydroxylation is 1. The maximum Gasteiger partial charge on any atom is 0.164 e. The minimum Gasteiger partial charge on any atom is -0.330 e. The minimum absolute atomic E-state index is 0.0696. The van der Waals surface area contributed by atoms with Crippen molar-refractivity contribution in [1.82, 2.24) is 9.78 Å². The first-order valence-corrected chi connectivity index (χ1v) is 5.78. The largest absolute Gasteiger partial charge is 0.330 e. The summed E-state index contributed by atoms with van der Waals surface area (Å²) in [5.41, 5.74) is 7.05. The van der Waals surface area contributed by atoms with Gasteiger partial charge in [-0.2, -0.15) is 5.10 Å². The van der Waals surface area contributed by atoms with Crippen molar-refractivity contribution in [3.05, 3.63) is 28.4 Å². The lowest BCUT2D eigenvalue weighted by molar-refractivity contribution is 0.0985. The third-order valence-corrected chi connectivity index (χ3v) is 3.08. The van der Waals surface area contributed by atoms with Crippen molar-refractivity contribution >= 4 is 32.6 Å². The molecule has 1 heterocycles. The van der Waals surface area contributed by atoms with Gasteiger partial charge >= 0.3 is 0 Å². The summed E-state index contributed by atoms with van der Waals surface area (Å²) < 4.78 is 2.53. The molecule has 0 unspecified atom stereocenters.